The molecule has 4 N–H and O–H groups in total. The van der Waals surface area contributed by atoms with Crippen molar-refractivity contribution in [2.24, 2.45) is 0 Å². The lowest BCUT2D eigenvalue weighted by molar-refractivity contribution is -1.02. The van der Waals surface area contributed by atoms with Crippen LogP contribution in [0, 0.1) is 0 Å². The van der Waals surface area contributed by atoms with Crippen LogP contribution < -0.4 is 20.7 Å². The van der Waals surface area contributed by atoms with Crippen molar-refractivity contribution in [1.82, 2.24) is 10.9 Å². The average Bonchev–Trinajstić information content (AvgIpc) is 3.17. The fraction of sp³-hybridized carbons (Fsp3) is 0.316. The van der Waals surface area contributed by atoms with Gasteiger partial charge in [0.05, 0.1) is 12.0 Å². The Bertz CT molecular complexity index is 677. The summed E-state index contributed by atoms with van der Waals surface area (Å²) in [6.45, 7) is 9.56. The Kier molecular flexibility index (Phi) is 5.87. The van der Waals surface area contributed by atoms with Crippen LogP contribution in [0.15, 0.2) is 59.7 Å². The standard InChI is InChI=1S/C19H24N4O2/c1-16(18-8-5-13-25-18)20-21-19(24)15-23-11-9-22(10-12-23)14-17-6-3-2-4-7-17/h2-8,13,20H,1,9-12,14-15H2,(H,21,24)/p+2. The van der Waals surface area contributed by atoms with Gasteiger partial charge in [-0.1, -0.05) is 36.9 Å². The maximum atomic E-state index is 12.1. The normalized spacial score (nSPS) is 20.0. The zero-order chi connectivity index (χ0) is 17.5. The molecule has 2 aromatic rings. The third-order valence-electron chi connectivity index (χ3n) is 4.54. The molecule has 132 valence electrons. The van der Waals surface area contributed by atoms with Crippen LogP contribution in [0.25, 0.3) is 5.70 Å². The number of rotatable bonds is 7. The minimum absolute atomic E-state index is 0.0331. The molecular formula is C19H26N4O2+2. The Morgan fingerprint density at radius 1 is 1.00 bits per heavy atom. The average molecular weight is 342 g/mol. The Balaban J connectivity index is 1.35. The number of carbonyl (C=O) groups is 1. The van der Waals surface area contributed by atoms with Gasteiger partial charge in [-0.3, -0.25) is 15.6 Å². The number of hydrogen-bond acceptors (Lipinski definition) is 3. The summed E-state index contributed by atoms with van der Waals surface area (Å²) < 4.78 is 5.22. The Morgan fingerprint density at radius 2 is 1.72 bits per heavy atom. The van der Waals surface area contributed by atoms with Gasteiger partial charge in [0.2, 0.25) is 0 Å². The predicted octanol–water partition coefficient (Wildman–Crippen LogP) is -1.15. The van der Waals surface area contributed by atoms with Crippen LogP contribution in [-0.2, 0) is 11.3 Å². The second-order valence-electron chi connectivity index (χ2n) is 6.47. The maximum Gasteiger partial charge on any atom is 0.293 e. The van der Waals surface area contributed by atoms with E-state index >= 15 is 0 Å². The lowest BCUT2D eigenvalue weighted by atomic mass is 10.2. The summed E-state index contributed by atoms with van der Waals surface area (Å²) in [5.41, 5.74) is 7.42. The van der Waals surface area contributed by atoms with Gasteiger partial charge < -0.3 is 14.2 Å². The van der Waals surface area contributed by atoms with Gasteiger partial charge in [0.15, 0.2) is 12.3 Å². The number of hydrazine groups is 1. The third kappa shape index (κ3) is 5.20. The van der Waals surface area contributed by atoms with Gasteiger partial charge in [-0.05, 0) is 12.1 Å². The highest BCUT2D eigenvalue weighted by atomic mass is 16.3. The molecule has 1 amide bonds. The number of nitrogens with one attached hydrogen (secondary N) is 4. The van der Waals surface area contributed by atoms with Crippen LogP contribution in [0.3, 0.4) is 0 Å². The summed E-state index contributed by atoms with van der Waals surface area (Å²) in [7, 11) is 0. The van der Waals surface area contributed by atoms with Crippen molar-refractivity contribution in [1.29, 1.82) is 0 Å². The van der Waals surface area contributed by atoms with E-state index in [1.165, 1.54) is 10.5 Å². The van der Waals surface area contributed by atoms with Crippen LogP contribution in [0.5, 0.6) is 0 Å². The number of carbonyl (C=O) groups excluding carboxylic acids is 1. The summed E-state index contributed by atoms with van der Waals surface area (Å²) in [6, 6.07) is 14.2. The topological polar surface area (TPSA) is 63.1 Å². The molecule has 0 radical (unpaired) electrons. The summed E-state index contributed by atoms with van der Waals surface area (Å²) in [5, 5.41) is 0. The molecule has 6 heteroatoms. The van der Waals surface area contributed by atoms with Gasteiger partial charge in [-0.15, -0.1) is 0 Å². The molecule has 0 unspecified atom stereocenters. The summed E-state index contributed by atoms with van der Waals surface area (Å²) in [4.78, 5) is 15.0. The molecule has 0 spiro atoms. The van der Waals surface area contributed by atoms with Crippen molar-refractivity contribution in [2.45, 2.75) is 6.54 Å². The van der Waals surface area contributed by atoms with Crippen LogP contribution in [-0.4, -0.2) is 38.6 Å². The number of benzene rings is 1. The summed E-state index contributed by atoms with van der Waals surface area (Å²) >= 11 is 0. The zero-order valence-electron chi connectivity index (χ0n) is 14.4. The van der Waals surface area contributed by atoms with E-state index in [1.54, 1.807) is 23.3 Å². The van der Waals surface area contributed by atoms with Gasteiger partial charge >= 0.3 is 0 Å². The van der Waals surface area contributed by atoms with Crippen molar-refractivity contribution in [3.05, 3.63) is 66.6 Å². The van der Waals surface area contributed by atoms with Crippen LogP contribution in [0.1, 0.15) is 11.3 Å². The largest absolute Gasteiger partial charge is 0.463 e. The first-order valence-electron chi connectivity index (χ1n) is 8.69. The van der Waals surface area contributed by atoms with Crippen molar-refractivity contribution in [2.75, 3.05) is 32.7 Å². The molecule has 1 saturated heterocycles. The SMILES string of the molecule is C=C(NNC(=O)C[NH+]1CC[NH+](Cc2ccccc2)CC1)c1ccco1. The lowest BCUT2D eigenvalue weighted by Gasteiger charge is -2.29. The van der Waals surface area contributed by atoms with E-state index in [9.17, 15) is 4.79 Å². The first-order valence-corrected chi connectivity index (χ1v) is 8.69. The molecule has 1 aliphatic heterocycles. The molecular weight excluding hydrogens is 316 g/mol. The van der Waals surface area contributed by atoms with E-state index < -0.39 is 0 Å². The summed E-state index contributed by atoms with van der Waals surface area (Å²) in [6.07, 6.45) is 1.57. The first kappa shape index (κ1) is 17.3. The highest BCUT2D eigenvalue weighted by molar-refractivity contribution is 5.77. The van der Waals surface area contributed by atoms with Crippen LogP contribution >= 0.6 is 0 Å². The van der Waals surface area contributed by atoms with E-state index in [1.807, 2.05) is 6.07 Å². The van der Waals surface area contributed by atoms with E-state index in [-0.39, 0.29) is 5.91 Å². The minimum atomic E-state index is -0.0331. The van der Waals surface area contributed by atoms with Crippen molar-refractivity contribution < 1.29 is 19.0 Å². The smallest absolute Gasteiger partial charge is 0.293 e. The number of quaternary nitrogens is 2. The third-order valence-corrected chi connectivity index (χ3v) is 4.54. The second kappa shape index (κ2) is 8.50. The van der Waals surface area contributed by atoms with Crippen LogP contribution in [0.4, 0.5) is 0 Å². The highest BCUT2D eigenvalue weighted by Gasteiger charge is 2.24. The fourth-order valence-corrected chi connectivity index (χ4v) is 3.12. The van der Waals surface area contributed by atoms with E-state index in [2.05, 4.69) is 41.7 Å². The second-order valence-corrected chi connectivity index (χ2v) is 6.47. The van der Waals surface area contributed by atoms with E-state index in [4.69, 9.17) is 4.42 Å². The van der Waals surface area contributed by atoms with Gasteiger partial charge in [0.25, 0.3) is 5.91 Å². The molecule has 1 aliphatic rings. The zero-order valence-corrected chi connectivity index (χ0v) is 14.4. The van der Waals surface area contributed by atoms with Crippen molar-refractivity contribution in [3.63, 3.8) is 0 Å². The first-order chi connectivity index (χ1) is 12.2. The molecule has 1 fully saturated rings. The molecule has 2 heterocycles. The molecule has 0 bridgehead atoms. The van der Waals surface area contributed by atoms with E-state index in [0.717, 1.165) is 32.7 Å². The van der Waals surface area contributed by atoms with Crippen LogP contribution in [0.2, 0.25) is 0 Å². The quantitative estimate of drug-likeness (QED) is 0.481. The van der Waals surface area contributed by atoms with Gasteiger partial charge in [0.1, 0.15) is 32.7 Å². The molecule has 1 aromatic carbocycles. The predicted molar refractivity (Wildman–Crippen MR) is 95.4 cm³/mol. The lowest BCUT2D eigenvalue weighted by Crippen LogP contribution is -3.28. The van der Waals surface area contributed by atoms with Gasteiger partial charge in [0, 0.05) is 5.56 Å². The highest BCUT2D eigenvalue weighted by Crippen LogP contribution is 2.07. The minimum Gasteiger partial charge on any atom is -0.463 e. The Morgan fingerprint density at radius 3 is 2.40 bits per heavy atom. The maximum absolute atomic E-state index is 12.1. The fourth-order valence-electron chi connectivity index (χ4n) is 3.12. The van der Waals surface area contributed by atoms with Crippen molar-refractivity contribution >= 4 is 11.6 Å². The molecule has 3 rings (SSSR count). The number of furan rings is 1. The van der Waals surface area contributed by atoms with Crippen molar-refractivity contribution in [3.8, 4) is 0 Å². The molecule has 0 atom stereocenters. The number of amides is 1. The van der Waals surface area contributed by atoms with Gasteiger partial charge in [-0.2, -0.15) is 0 Å². The molecule has 1 aromatic heterocycles. The monoisotopic (exact) mass is 342 g/mol. The van der Waals surface area contributed by atoms with Gasteiger partial charge in [-0.25, -0.2) is 0 Å². The number of piperazine rings is 1. The molecule has 25 heavy (non-hydrogen) atoms. The Hall–Kier alpha value is -2.57. The van der Waals surface area contributed by atoms with E-state index in [0.29, 0.717) is 18.0 Å². The summed E-state index contributed by atoms with van der Waals surface area (Å²) in [5.74, 6) is 0.583. The molecule has 6 nitrogen and oxygen atoms in total. The molecule has 0 saturated carbocycles. The molecule has 0 aliphatic carbocycles. The number of hydrogen-bond donors (Lipinski definition) is 4. The Labute approximate surface area is 148 Å².